The molecule has 0 spiro atoms. The van der Waals surface area contributed by atoms with E-state index in [2.05, 4.69) is 27.3 Å². The minimum atomic E-state index is -4.69. The van der Waals surface area contributed by atoms with Crippen molar-refractivity contribution in [3.8, 4) is 5.75 Å². The van der Waals surface area contributed by atoms with E-state index in [9.17, 15) is 26.7 Å². The Bertz CT molecular complexity index is 1010. The molecule has 164 valence electrons. The van der Waals surface area contributed by atoms with Crippen LogP contribution in [0.4, 0.5) is 27.6 Å². The molecule has 2 aromatic rings. The van der Waals surface area contributed by atoms with Crippen LogP contribution in [0.15, 0.2) is 60.8 Å². The van der Waals surface area contributed by atoms with Crippen molar-refractivity contribution in [2.45, 2.75) is 18.8 Å². The first kappa shape index (κ1) is 22.5. The predicted molar refractivity (Wildman–Crippen MR) is 107 cm³/mol. The number of hydrogen-bond donors (Lipinski definition) is 3. The van der Waals surface area contributed by atoms with Crippen molar-refractivity contribution < 1.29 is 31.5 Å². The topological polar surface area (TPSA) is 62.4 Å². The van der Waals surface area contributed by atoms with E-state index in [1.807, 2.05) is 0 Å². The van der Waals surface area contributed by atoms with Gasteiger partial charge in [-0.05, 0) is 30.4 Å². The molecule has 0 saturated carbocycles. The molecule has 11 heteroatoms. The van der Waals surface area contributed by atoms with Gasteiger partial charge in [0.05, 0.1) is 17.3 Å². The summed E-state index contributed by atoms with van der Waals surface area (Å²) in [4.78, 5) is 13.0. The third-order valence-electron chi connectivity index (χ3n) is 4.51. The lowest BCUT2D eigenvalue weighted by Crippen LogP contribution is -2.51. The average molecular weight is 457 g/mol. The predicted octanol–water partition coefficient (Wildman–Crippen LogP) is 4.59. The number of carbonyl (C=O) groups excluding carboxylic acids is 1. The Morgan fingerprint density at radius 2 is 1.77 bits per heavy atom. The maximum absolute atomic E-state index is 13.3. The molecule has 0 aromatic heterocycles. The first-order valence-corrected chi connectivity index (χ1v) is 9.26. The first-order valence-electron chi connectivity index (χ1n) is 8.85. The summed E-state index contributed by atoms with van der Waals surface area (Å²) in [6.07, 6.45) is -4.69. The number of hydrogen-bond acceptors (Lipinski definition) is 3. The highest BCUT2D eigenvalue weighted by molar-refractivity contribution is 7.80. The van der Waals surface area contributed by atoms with Gasteiger partial charge in [-0.15, -0.1) is 0 Å². The Hall–Kier alpha value is -3.21. The number of halogens is 5. The number of para-hydroxylation sites is 2. The van der Waals surface area contributed by atoms with E-state index in [4.69, 9.17) is 12.2 Å². The Morgan fingerprint density at radius 1 is 1.13 bits per heavy atom. The van der Waals surface area contributed by atoms with Crippen molar-refractivity contribution >= 4 is 28.9 Å². The van der Waals surface area contributed by atoms with E-state index >= 15 is 0 Å². The molecular formula is C20H16F5N3O2S. The summed E-state index contributed by atoms with van der Waals surface area (Å²) in [6.45, 7) is 0.614. The average Bonchev–Trinajstić information content (AvgIpc) is 2.66. The van der Waals surface area contributed by atoms with Crippen molar-refractivity contribution in [1.29, 1.82) is 0 Å². The third kappa shape index (κ3) is 5.10. The monoisotopic (exact) mass is 457 g/mol. The van der Waals surface area contributed by atoms with Crippen molar-refractivity contribution in [2.75, 3.05) is 5.32 Å². The van der Waals surface area contributed by atoms with Crippen LogP contribution in [0.3, 0.4) is 0 Å². The number of carbonyl (C=O) groups is 1. The van der Waals surface area contributed by atoms with Gasteiger partial charge in [-0.25, -0.2) is 0 Å². The van der Waals surface area contributed by atoms with Gasteiger partial charge in [-0.1, -0.05) is 36.9 Å². The molecule has 1 aliphatic heterocycles. The highest BCUT2D eigenvalue weighted by Gasteiger charge is 2.40. The second kappa shape index (κ2) is 8.88. The number of ether oxygens (including phenoxy) is 1. The molecule has 0 radical (unpaired) electrons. The van der Waals surface area contributed by atoms with Gasteiger partial charge in [0.15, 0.2) is 5.11 Å². The number of benzene rings is 2. The van der Waals surface area contributed by atoms with Crippen molar-refractivity contribution in [2.24, 2.45) is 5.92 Å². The lowest BCUT2D eigenvalue weighted by molar-refractivity contribution is -0.137. The summed E-state index contributed by atoms with van der Waals surface area (Å²) >= 11 is 5.08. The molecule has 5 nitrogen and oxygen atoms in total. The van der Waals surface area contributed by atoms with Crippen LogP contribution in [0, 0.1) is 5.92 Å². The molecule has 1 saturated heterocycles. The summed E-state index contributed by atoms with van der Waals surface area (Å²) in [5, 5.41) is 7.78. The number of rotatable bonds is 5. The van der Waals surface area contributed by atoms with E-state index < -0.39 is 41.9 Å². The van der Waals surface area contributed by atoms with Crippen molar-refractivity contribution in [3.63, 3.8) is 0 Å². The Kier molecular flexibility index (Phi) is 6.44. The zero-order valence-corrected chi connectivity index (χ0v) is 16.5. The molecule has 1 aliphatic rings. The molecule has 3 N–H and O–H groups in total. The van der Waals surface area contributed by atoms with E-state index in [1.165, 1.54) is 36.4 Å². The van der Waals surface area contributed by atoms with Crippen LogP contribution in [0.1, 0.15) is 17.2 Å². The Balaban J connectivity index is 1.98. The van der Waals surface area contributed by atoms with Crippen LogP contribution < -0.4 is 20.7 Å². The molecule has 31 heavy (non-hydrogen) atoms. The number of nitrogens with one attached hydrogen (secondary N) is 3. The number of alkyl halides is 5. The smallest absolute Gasteiger partial charge is 0.418 e. The van der Waals surface area contributed by atoms with Gasteiger partial charge in [0.2, 0.25) is 5.91 Å². The van der Waals surface area contributed by atoms with Crippen LogP contribution in [-0.2, 0) is 11.0 Å². The third-order valence-corrected chi connectivity index (χ3v) is 4.73. The lowest BCUT2D eigenvalue weighted by Gasteiger charge is -2.36. The fraction of sp³-hybridized carbons (Fsp3) is 0.200. The lowest BCUT2D eigenvalue weighted by atomic mass is 9.87. The fourth-order valence-corrected chi connectivity index (χ4v) is 3.50. The first-order chi connectivity index (χ1) is 14.6. The van der Waals surface area contributed by atoms with Gasteiger partial charge in [-0.3, -0.25) is 4.79 Å². The molecule has 1 amide bonds. The summed E-state index contributed by atoms with van der Waals surface area (Å²) < 4.78 is 70.1. The van der Waals surface area contributed by atoms with Crippen LogP contribution in [-0.4, -0.2) is 17.6 Å². The van der Waals surface area contributed by atoms with Crippen LogP contribution >= 0.6 is 12.2 Å². The SMILES string of the molecule is C=C1NC(=S)N[C@@H](c2ccccc2OC(F)F)[C@@H]1C(=O)Nc1ccccc1C(F)(F)F. The molecule has 1 heterocycles. The molecule has 0 aliphatic carbocycles. The molecule has 1 fully saturated rings. The van der Waals surface area contributed by atoms with Crippen LogP contribution in [0.25, 0.3) is 0 Å². The Labute approximate surface area is 179 Å². The van der Waals surface area contributed by atoms with Crippen LogP contribution in [0.5, 0.6) is 5.75 Å². The minimum Gasteiger partial charge on any atom is -0.434 e. The highest BCUT2D eigenvalue weighted by atomic mass is 32.1. The van der Waals surface area contributed by atoms with Gasteiger partial charge >= 0.3 is 12.8 Å². The molecule has 2 aromatic carbocycles. The summed E-state index contributed by atoms with van der Waals surface area (Å²) in [7, 11) is 0. The van der Waals surface area contributed by atoms with Gasteiger partial charge in [-0.2, -0.15) is 22.0 Å². The number of amides is 1. The van der Waals surface area contributed by atoms with E-state index in [-0.39, 0.29) is 22.1 Å². The molecule has 3 rings (SSSR count). The normalized spacial score (nSPS) is 18.9. The number of thiocarbonyl (C=S) groups is 1. The van der Waals surface area contributed by atoms with Crippen molar-refractivity contribution in [1.82, 2.24) is 10.6 Å². The standard InChI is InChI=1S/C20H16F5N3O2S/c1-10-15(17(29)27-13-8-4-3-7-12(13)20(23,24)25)16(28-19(31)26-10)11-6-2-5-9-14(11)30-18(21)22/h2-9,15-16,18H,1H2,(H,27,29)(H2,26,28,31)/t15-,16+/m1/s1. The second-order valence-corrected chi connectivity index (χ2v) is 6.94. The maximum atomic E-state index is 13.3. The van der Waals surface area contributed by atoms with Gasteiger partial charge < -0.3 is 20.7 Å². The minimum absolute atomic E-state index is 0.0709. The van der Waals surface area contributed by atoms with E-state index in [1.54, 1.807) is 0 Å². The zero-order chi connectivity index (χ0) is 22.8. The maximum Gasteiger partial charge on any atom is 0.418 e. The molecule has 0 unspecified atom stereocenters. The van der Waals surface area contributed by atoms with E-state index in [0.717, 1.165) is 12.1 Å². The fourth-order valence-electron chi connectivity index (χ4n) is 3.24. The zero-order valence-electron chi connectivity index (χ0n) is 15.7. The molecule has 2 atom stereocenters. The quantitative estimate of drug-likeness (QED) is 0.453. The van der Waals surface area contributed by atoms with E-state index in [0.29, 0.717) is 0 Å². The number of anilines is 1. The van der Waals surface area contributed by atoms with Crippen LogP contribution in [0.2, 0.25) is 0 Å². The Morgan fingerprint density at radius 3 is 2.45 bits per heavy atom. The molecular weight excluding hydrogens is 441 g/mol. The van der Waals surface area contributed by atoms with Gasteiger partial charge in [0.1, 0.15) is 11.7 Å². The summed E-state index contributed by atoms with van der Waals surface area (Å²) in [6, 6.07) is 9.19. The van der Waals surface area contributed by atoms with Gasteiger partial charge in [0, 0.05) is 11.3 Å². The van der Waals surface area contributed by atoms with Crippen molar-refractivity contribution in [3.05, 3.63) is 71.9 Å². The second-order valence-electron chi connectivity index (χ2n) is 6.53. The molecule has 0 bridgehead atoms. The summed E-state index contributed by atoms with van der Waals surface area (Å²) in [5.74, 6) is -2.25. The van der Waals surface area contributed by atoms with Gasteiger partial charge in [0.25, 0.3) is 0 Å². The largest absolute Gasteiger partial charge is 0.434 e. The highest BCUT2D eigenvalue weighted by Crippen LogP contribution is 2.38. The summed E-state index contributed by atoms with van der Waals surface area (Å²) in [5.41, 5.74) is -1.23.